The molecule has 3 rings (SSSR count). The highest BCUT2D eigenvalue weighted by Crippen LogP contribution is 2.25. The highest BCUT2D eigenvalue weighted by atomic mass is 16.5. The third kappa shape index (κ3) is 3.21. The van der Waals surface area contributed by atoms with Crippen LogP contribution in [0.2, 0.25) is 0 Å². The largest absolute Gasteiger partial charge is 0.497 e. The second-order valence-electron chi connectivity index (χ2n) is 5.30. The first-order valence-electron chi connectivity index (χ1n) is 7.62. The molecular formula is C19H19NO3. The molecule has 0 amide bonds. The summed E-state index contributed by atoms with van der Waals surface area (Å²) in [5.41, 5.74) is 2.29. The van der Waals surface area contributed by atoms with Crippen LogP contribution in [0.4, 0.5) is 5.69 Å². The number of fused-ring (bicyclic) bond motifs is 1. The smallest absolute Gasteiger partial charge is 0.336 e. The van der Waals surface area contributed by atoms with E-state index in [1.54, 1.807) is 19.2 Å². The average Bonchev–Trinajstić information content (AvgIpc) is 2.59. The van der Waals surface area contributed by atoms with Gasteiger partial charge in [-0.05, 0) is 36.8 Å². The molecule has 118 valence electrons. The first kappa shape index (κ1) is 15.2. The van der Waals surface area contributed by atoms with Crippen molar-refractivity contribution >= 4 is 16.7 Å². The molecule has 0 atom stereocenters. The molecule has 23 heavy (non-hydrogen) atoms. The van der Waals surface area contributed by atoms with Crippen LogP contribution in [-0.2, 0) is 6.54 Å². The number of anilines is 1. The fourth-order valence-electron chi connectivity index (χ4n) is 2.70. The predicted molar refractivity (Wildman–Crippen MR) is 92.2 cm³/mol. The highest BCUT2D eigenvalue weighted by Gasteiger charge is 2.11. The van der Waals surface area contributed by atoms with Crippen molar-refractivity contribution in [1.29, 1.82) is 0 Å². The van der Waals surface area contributed by atoms with Crippen LogP contribution in [0.3, 0.4) is 0 Å². The monoisotopic (exact) mass is 309 g/mol. The maximum absolute atomic E-state index is 11.9. The first-order chi connectivity index (χ1) is 11.2. The minimum Gasteiger partial charge on any atom is -0.497 e. The molecule has 0 aliphatic heterocycles. The highest BCUT2D eigenvalue weighted by molar-refractivity contribution is 5.81. The summed E-state index contributed by atoms with van der Waals surface area (Å²) in [4.78, 5) is 14.1. The first-order valence-corrected chi connectivity index (χ1v) is 7.62. The van der Waals surface area contributed by atoms with Crippen molar-refractivity contribution in [2.45, 2.75) is 13.5 Å². The molecule has 4 nitrogen and oxygen atoms in total. The third-order valence-electron chi connectivity index (χ3n) is 3.90. The van der Waals surface area contributed by atoms with E-state index in [-0.39, 0.29) is 5.63 Å². The Morgan fingerprint density at radius 2 is 1.87 bits per heavy atom. The fraction of sp³-hybridized carbons (Fsp3) is 0.211. The Balaban J connectivity index is 2.03. The molecule has 0 aliphatic carbocycles. The lowest BCUT2D eigenvalue weighted by Gasteiger charge is -2.23. The van der Waals surface area contributed by atoms with Gasteiger partial charge in [0, 0.05) is 36.3 Å². The van der Waals surface area contributed by atoms with Crippen LogP contribution in [-0.4, -0.2) is 13.7 Å². The Labute approximate surface area is 134 Å². The average molecular weight is 309 g/mol. The van der Waals surface area contributed by atoms with Crippen molar-refractivity contribution in [2.24, 2.45) is 0 Å². The summed E-state index contributed by atoms with van der Waals surface area (Å²) >= 11 is 0. The molecule has 3 aromatic rings. The molecule has 4 heteroatoms. The van der Waals surface area contributed by atoms with Crippen LogP contribution in [0.25, 0.3) is 11.0 Å². The summed E-state index contributed by atoms with van der Waals surface area (Å²) in [6.07, 6.45) is 0. The standard InChI is InChI=1S/C19H19NO3/c1-3-20(15-7-5-4-6-8-15)13-14-11-19(21)23-18-12-16(22-2)9-10-17(14)18/h4-12H,3,13H2,1-2H3. The molecule has 0 unspecified atom stereocenters. The predicted octanol–water partition coefficient (Wildman–Crippen LogP) is 3.83. The van der Waals surface area contributed by atoms with E-state index >= 15 is 0 Å². The zero-order chi connectivity index (χ0) is 16.2. The third-order valence-corrected chi connectivity index (χ3v) is 3.90. The molecule has 0 bridgehead atoms. The molecule has 1 aromatic heterocycles. The van der Waals surface area contributed by atoms with Crippen molar-refractivity contribution in [1.82, 2.24) is 0 Å². The van der Waals surface area contributed by atoms with Gasteiger partial charge in [-0.3, -0.25) is 0 Å². The van der Waals surface area contributed by atoms with E-state index in [0.29, 0.717) is 17.9 Å². The maximum atomic E-state index is 11.9. The van der Waals surface area contributed by atoms with Crippen LogP contribution < -0.4 is 15.3 Å². The summed E-state index contributed by atoms with van der Waals surface area (Å²) in [5.74, 6) is 0.674. The lowest BCUT2D eigenvalue weighted by Crippen LogP contribution is -2.22. The van der Waals surface area contributed by atoms with E-state index in [4.69, 9.17) is 9.15 Å². The lowest BCUT2D eigenvalue weighted by molar-refractivity contribution is 0.414. The van der Waals surface area contributed by atoms with E-state index < -0.39 is 0 Å². The van der Waals surface area contributed by atoms with Gasteiger partial charge >= 0.3 is 5.63 Å². The zero-order valence-corrected chi connectivity index (χ0v) is 13.3. The van der Waals surface area contributed by atoms with Gasteiger partial charge in [0.2, 0.25) is 0 Å². The number of para-hydroxylation sites is 1. The van der Waals surface area contributed by atoms with Gasteiger partial charge in [-0.2, -0.15) is 0 Å². The summed E-state index contributed by atoms with van der Waals surface area (Å²) in [6.45, 7) is 3.60. The number of nitrogens with zero attached hydrogens (tertiary/aromatic N) is 1. The zero-order valence-electron chi connectivity index (χ0n) is 13.3. The Bertz CT molecular complexity index is 855. The molecule has 0 aliphatic rings. The summed E-state index contributed by atoms with van der Waals surface area (Å²) in [7, 11) is 1.59. The molecule has 0 saturated carbocycles. The Morgan fingerprint density at radius 1 is 1.09 bits per heavy atom. The SMILES string of the molecule is CCN(Cc1cc(=O)oc2cc(OC)ccc12)c1ccccc1. The van der Waals surface area contributed by atoms with Crippen molar-refractivity contribution in [3.05, 3.63) is 70.6 Å². The quantitative estimate of drug-likeness (QED) is 0.672. The van der Waals surface area contributed by atoms with E-state index in [1.165, 1.54) is 0 Å². The Kier molecular flexibility index (Phi) is 4.33. The van der Waals surface area contributed by atoms with Crippen molar-refractivity contribution in [3.63, 3.8) is 0 Å². The second-order valence-corrected chi connectivity index (χ2v) is 5.30. The van der Waals surface area contributed by atoms with Gasteiger partial charge < -0.3 is 14.1 Å². The molecule has 0 N–H and O–H groups in total. The van der Waals surface area contributed by atoms with Gasteiger partial charge in [0.15, 0.2) is 0 Å². The van der Waals surface area contributed by atoms with Crippen LogP contribution in [0.5, 0.6) is 5.75 Å². The summed E-state index contributed by atoms with van der Waals surface area (Å²) in [6, 6.07) is 17.3. The fourth-order valence-corrected chi connectivity index (χ4v) is 2.70. The molecule has 0 fully saturated rings. The summed E-state index contributed by atoms with van der Waals surface area (Å²) in [5, 5.41) is 0.930. The molecular weight excluding hydrogens is 290 g/mol. The number of hydrogen-bond donors (Lipinski definition) is 0. The number of ether oxygens (including phenoxy) is 1. The molecule has 0 radical (unpaired) electrons. The van der Waals surface area contributed by atoms with Crippen molar-refractivity contribution in [2.75, 3.05) is 18.6 Å². The minimum atomic E-state index is -0.343. The van der Waals surface area contributed by atoms with Crippen LogP contribution in [0.15, 0.2) is 63.8 Å². The van der Waals surface area contributed by atoms with Crippen LogP contribution >= 0.6 is 0 Å². The number of rotatable bonds is 5. The van der Waals surface area contributed by atoms with Gasteiger partial charge in [0.25, 0.3) is 0 Å². The van der Waals surface area contributed by atoms with E-state index in [1.807, 2.05) is 30.3 Å². The van der Waals surface area contributed by atoms with Crippen molar-refractivity contribution < 1.29 is 9.15 Å². The molecule has 0 saturated heterocycles. The molecule has 1 heterocycles. The topological polar surface area (TPSA) is 42.7 Å². The van der Waals surface area contributed by atoms with Gasteiger partial charge in [0.1, 0.15) is 11.3 Å². The summed E-state index contributed by atoms with van der Waals surface area (Å²) < 4.78 is 10.5. The van der Waals surface area contributed by atoms with Gasteiger partial charge in [0.05, 0.1) is 7.11 Å². The Morgan fingerprint density at radius 3 is 2.57 bits per heavy atom. The number of hydrogen-bond acceptors (Lipinski definition) is 4. The van der Waals surface area contributed by atoms with Crippen molar-refractivity contribution in [3.8, 4) is 5.75 Å². The van der Waals surface area contributed by atoms with E-state index in [9.17, 15) is 4.79 Å². The molecule has 2 aromatic carbocycles. The van der Waals surface area contributed by atoms with E-state index in [0.717, 1.165) is 23.2 Å². The van der Waals surface area contributed by atoms with Gasteiger partial charge in [-0.1, -0.05) is 18.2 Å². The minimum absolute atomic E-state index is 0.343. The van der Waals surface area contributed by atoms with E-state index in [2.05, 4.69) is 24.0 Å². The number of benzene rings is 2. The van der Waals surface area contributed by atoms with Gasteiger partial charge in [-0.25, -0.2) is 4.79 Å². The normalized spacial score (nSPS) is 10.7. The Hall–Kier alpha value is -2.75. The lowest BCUT2D eigenvalue weighted by atomic mass is 10.1. The van der Waals surface area contributed by atoms with Gasteiger partial charge in [-0.15, -0.1) is 0 Å². The number of methoxy groups -OCH3 is 1. The second kappa shape index (κ2) is 6.57. The molecule has 0 spiro atoms. The maximum Gasteiger partial charge on any atom is 0.336 e. The van der Waals surface area contributed by atoms with Crippen LogP contribution in [0, 0.1) is 0 Å². The van der Waals surface area contributed by atoms with Crippen LogP contribution in [0.1, 0.15) is 12.5 Å².